The van der Waals surface area contributed by atoms with E-state index >= 15 is 0 Å². The van der Waals surface area contributed by atoms with Gasteiger partial charge in [0, 0.05) is 17.7 Å². The number of benzene rings is 2. The maximum absolute atomic E-state index is 12.0. The average Bonchev–Trinajstić information content (AvgIpc) is 3.06. The van der Waals surface area contributed by atoms with E-state index in [1.165, 1.54) is 0 Å². The van der Waals surface area contributed by atoms with Gasteiger partial charge >= 0.3 is 6.09 Å². The normalized spacial score (nSPS) is 17.4. The number of hydrogen-bond donors (Lipinski definition) is 1. The van der Waals surface area contributed by atoms with Gasteiger partial charge in [0.15, 0.2) is 6.23 Å². The molecule has 0 aliphatic carbocycles. The molecule has 3 aromatic rings. The van der Waals surface area contributed by atoms with Crippen molar-refractivity contribution in [3.63, 3.8) is 0 Å². The Morgan fingerprint density at radius 3 is 2.88 bits per heavy atom. The Kier molecular flexibility index (Phi) is 4.35. The van der Waals surface area contributed by atoms with Gasteiger partial charge in [-0.15, -0.1) is 0 Å². The number of carbonyl (C=O) groups excluding carboxylic acids is 1. The molecule has 2 heterocycles. The topological polar surface area (TPSA) is 65.4 Å². The number of anilines is 1. The van der Waals surface area contributed by atoms with Gasteiger partial charge in [-0.1, -0.05) is 18.2 Å². The van der Waals surface area contributed by atoms with E-state index in [1.54, 1.807) is 18.3 Å². The number of nitrogens with one attached hydrogen (secondary N) is 1. The molecule has 1 amide bonds. The lowest BCUT2D eigenvalue weighted by Crippen LogP contribution is -2.19. The fraction of sp³-hybridized carbons (Fsp3) is 0.263. The quantitative estimate of drug-likeness (QED) is 0.772. The Bertz CT molecular complexity index is 870. The van der Waals surface area contributed by atoms with Crippen molar-refractivity contribution in [2.45, 2.75) is 25.5 Å². The largest absolute Gasteiger partial charge is 0.417 e. The molecule has 1 saturated heterocycles. The molecule has 1 atom stereocenters. The predicted octanol–water partition coefficient (Wildman–Crippen LogP) is 4.35. The summed E-state index contributed by atoms with van der Waals surface area (Å²) >= 11 is 0. The zero-order chi connectivity index (χ0) is 17.1. The molecule has 1 N–H and O–H groups in total. The summed E-state index contributed by atoms with van der Waals surface area (Å²) in [5.74, 6) is 0.503. The molecule has 25 heavy (non-hydrogen) atoms. The minimum Gasteiger partial charge on any atom is -0.410 e. The van der Waals surface area contributed by atoms with Crippen LogP contribution in [0.4, 0.5) is 10.5 Å². The van der Waals surface area contributed by atoms with Crippen molar-refractivity contribution in [2.75, 3.05) is 11.9 Å². The number of para-hydroxylation sites is 1. The van der Waals surface area contributed by atoms with Gasteiger partial charge in [-0.25, -0.2) is 9.48 Å². The van der Waals surface area contributed by atoms with E-state index < -0.39 is 6.09 Å². The maximum Gasteiger partial charge on any atom is 0.417 e. The van der Waals surface area contributed by atoms with Crippen molar-refractivity contribution in [2.24, 2.45) is 0 Å². The van der Waals surface area contributed by atoms with Crippen LogP contribution in [0.5, 0.6) is 5.75 Å². The number of hydrogen-bond acceptors (Lipinski definition) is 4. The summed E-state index contributed by atoms with van der Waals surface area (Å²) in [7, 11) is 0. The van der Waals surface area contributed by atoms with Gasteiger partial charge in [0.2, 0.25) is 0 Å². The molecule has 2 aromatic carbocycles. The number of rotatable bonds is 3. The Morgan fingerprint density at radius 1 is 1.20 bits per heavy atom. The van der Waals surface area contributed by atoms with Crippen molar-refractivity contribution in [3.05, 3.63) is 54.7 Å². The van der Waals surface area contributed by atoms with Gasteiger partial charge in [-0.3, -0.25) is 5.32 Å². The van der Waals surface area contributed by atoms with Crippen LogP contribution in [0.2, 0.25) is 0 Å². The van der Waals surface area contributed by atoms with E-state index in [-0.39, 0.29) is 6.23 Å². The van der Waals surface area contributed by atoms with Crippen LogP contribution in [0.1, 0.15) is 25.5 Å². The highest BCUT2D eigenvalue weighted by Crippen LogP contribution is 2.27. The molecule has 0 spiro atoms. The number of fused-ring (bicyclic) bond motifs is 1. The minimum atomic E-state index is -0.520. The molecule has 6 heteroatoms. The highest BCUT2D eigenvalue weighted by molar-refractivity contribution is 5.90. The Labute approximate surface area is 145 Å². The minimum absolute atomic E-state index is 0.00638. The summed E-state index contributed by atoms with van der Waals surface area (Å²) < 4.78 is 13.0. The second-order valence-electron chi connectivity index (χ2n) is 6.01. The second-order valence-corrected chi connectivity index (χ2v) is 6.01. The number of ether oxygens (including phenoxy) is 2. The van der Waals surface area contributed by atoms with Crippen LogP contribution in [-0.2, 0) is 4.74 Å². The summed E-state index contributed by atoms with van der Waals surface area (Å²) in [4.78, 5) is 12.0. The fourth-order valence-electron chi connectivity index (χ4n) is 3.02. The summed E-state index contributed by atoms with van der Waals surface area (Å²) in [6.45, 7) is 0.775. The first-order valence-corrected chi connectivity index (χ1v) is 8.42. The third-order valence-electron chi connectivity index (χ3n) is 4.22. The van der Waals surface area contributed by atoms with Crippen LogP contribution >= 0.6 is 0 Å². The van der Waals surface area contributed by atoms with Crippen molar-refractivity contribution >= 4 is 22.7 Å². The molecule has 1 fully saturated rings. The van der Waals surface area contributed by atoms with Crippen molar-refractivity contribution in [1.82, 2.24) is 9.78 Å². The Hall–Kier alpha value is -2.86. The van der Waals surface area contributed by atoms with E-state index in [0.29, 0.717) is 11.4 Å². The van der Waals surface area contributed by atoms with Crippen molar-refractivity contribution in [3.8, 4) is 5.75 Å². The van der Waals surface area contributed by atoms with Gasteiger partial charge in [-0.05, 0) is 49.6 Å². The van der Waals surface area contributed by atoms with E-state index in [4.69, 9.17) is 9.47 Å². The second kappa shape index (κ2) is 6.94. The van der Waals surface area contributed by atoms with Crippen molar-refractivity contribution in [1.29, 1.82) is 0 Å². The summed E-state index contributed by atoms with van der Waals surface area (Å²) in [6.07, 6.45) is 4.49. The highest BCUT2D eigenvalue weighted by Gasteiger charge is 2.18. The van der Waals surface area contributed by atoms with Gasteiger partial charge in [0.1, 0.15) is 5.75 Å². The molecule has 4 rings (SSSR count). The van der Waals surface area contributed by atoms with E-state index in [9.17, 15) is 4.79 Å². The van der Waals surface area contributed by atoms with Gasteiger partial charge in [0.05, 0.1) is 11.7 Å². The zero-order valence-electron chi connectivity index (χ0n) is 13.7. The zero-order valence-corrected chi connectivity index (χ0v) is 13.7. The van der Waals surface area contributed by atoms with Crippen LogP contribution in [0.25, 0.3) is 10.9 Å². The third kappa shape index (κ3) is 3.49. The molecule has 0 bridgehead atoms. The van der Waals surface area contributed by atoms with E-state index in [1.807, 2.05) is 41.1 Å². The fourth-order valence-corrected chi connectivity index (χ4v) is 3.02. The van der Waals surface area contributed by atoms with Crippen LogP contribution in [0, 0.1) is 0 Å². The highest BCUT2D eigenvalue weighted by atomic mass is 16.6. The van der Waals surface area contributed by atoms with Crippen LogP contribution in [0.3, 0.4) is 0 Å². The number of aromatic nitrogens is 2. The molecular weight excluding hydrogens is 318 g/mol. The number of amides is 1. The van der Waals surface area contributed by atoms with Gasteiger partial charge in [0.25, 0.3) is 0 Å². The maximum atomic E-state index is 12.0. The summed E-state index contributed by atoms with van der Waals surface area (Å²) in [5, 5.41) is 8.15. The lowest BCUT2D eigenvalue weighted by Gasteiger charge is -2.23. The lowest BCUT2D eigenvalue weighted by molar-refractivity contribution is -0.0366. The standard InChI is InChI=1S/C19H19N3O3/c23-19(25-16-6-2-1-3-7-16)21-15-9-10-17-14(12-15)13-20-22(17)18-8-4-5-11-24-18/h1-3,6-7,9-10,12-13,18H,4-5,8,11H2,(H,21,23). The van der Waals surface area contributed by atoms with E-state index in [0.717, 1.165) is 36.8 Å². The Balaban J connectivity index is 1.49. The number of carbonyl (C=O) groups is 1. The molecular formula is C19H19N3O3. The van der Waals surface area contributed by atoms with E-state index in [2.05, 4.69) is 10.4 Å². The molecule has 1 aromatic heterocycles. The van der Waals surface area contributed by atoms with Crippen LogP contribution in [0.15, 0.2) is 54.7 Å². The third-order valence-corrected chi connectivity index (χ3v) is 4.22. The average molecular weight is 337 g/mol. The molecule has 0 radical (unpaired) electrons. The SMILES string of the molecule is O=C(Nc1ccc2c(cnn2C2CCCCO2)c1)Oc1ccccc1. The Morgan fingerprint density at radius 2 is 2.08 bits per heavy atom. The van der Waals surface area contributed by atoms with Crippen molar-refractivity contribution < 1.29 is 14.3 Å². The first-order valence-electron chi connectivity index (χ1n) is 8.42. The van der Waals surface area contributed by atoms with Crippen LogP contribution < -0.4 is 10.1 Å². The monoisotopic (exact) mass is 337 g/mol. The number of nitrogens with zero attached hydrogens (tertiary/aromatic N) is 2. The van der Waals surface area contributed by atoms with Gasteiger partial charge in [-0.2, -0.15) is 5.10 Å². The summed E-state index contributed by atoms with van der Waals surface area (Å²) in [5.41, 5.74) is 1.66. The lowest BCUT2D eigenvalue weighted by atomic mass is 10.2. The van der Waals surface area contributed by atoms with Gasteiger partial charge < -0.3 is 9.47 Å². The molecule has 6 nitrogen and oxygen atoms in total. The first kappa shape index (κ1) is 15.7. The molecule has 128 valence electrons. The smallest absolute Gasteiger partial charge is 0.410 e. The molecule has 1 aliphatic rings. The molecule has 0 saturated carbocycles. The molecule has 1 aliphatic heterocycles. The first-order chi connectivity index (χ1) is 12.3. The molecule has 1 unspecified atom stereocenters. The van der Waals surface area contributed by atoms with Crippen LogP contribution in [-0.4, -0.2) is 22.5 Å². The summed E-state index contributed by atoms with van der Waals surface area (Å²) in [6, 6.07) is 14.6. The predicted molar refractivity (Wildman–Crippen MR) is 94.7 cm³/mol.